The molecule has 0 radical (unpaired) electrons. The molecule has 4 aliphatic carbocycles. The largest absolute Gasteiger partial charge is 1.00 e. The quantitative estimate of drug-likeness (QED) is 0.309. The van der Waals surface area contributed by atoms with Gasteiger partial charge in [0.25, 0.3) is 0 Å². The number of carbonyl (C=O) groups is 3. The number of Topliss-reactive ketones (excluding diaryl/α,β-unsaturated/α-hetero) is 2. The third-order valence-corrected chi connectivity index (χ3v) is 8.67. The van der Waals surface area contributed by atoms with Gasteiger partial charge in [-0.1, -0.05) is 25.5 Å². The second-order valence-corrected chi connectivity index (χ2v) is 10.7. The second kappa shape index (κ2) is 9.55. The Bertz CT molecular complexity index is 942. The normalized spacial score (nSPS) is 40.3. The molecule has 3 saturated carbocycles. The van der Waals surface area contributed by atoms with E-state index in [1.807, 2.05) is 13.0 Å². The number of phosphoric ester groups is 1. The molecule has 0 aromatic rings. The van der Waals surface area contributed by atoms with E-state index < -0.39 is 36.6 Å². The molecule has 32 heavy (non-hydrogen) atoms. The van der Waals surface area contributed by atoms with Gasteiger partial charge in [-0.3, -0.25) is 14.4 Å². The first-order valence-corrected chi connectivity index (χ1v) is 11.7. The van der Waals surface area contributed by atoms with Crippen molar-refractivity contribution in [3.05, 3.63) is 23.8 Å². The van der Waals surface area contributed by atoms with E-state index in [-0.39, 0.29) is 101 Å². The molecule has 164 valence electrons. The minimum absolute atomic E-state index is 0. The molecule has 0 spiro atoms. The number of hydrogen-bond donors (Lipinski definition) is 1. The molecule has 0 aromatic heterocycles. The third kappa shape index (κ3) is 4.44. The van der Waals surface area contributed by atoms with Crippen molar-refractivity contribution in [3.63, 3.8) is 0 Å². The van der Waals surface area contributed by atoms with Crippen molar-refractivity contribution in [1.82, 2.24) is 0 Å². The topological polar surface area (TPSA) is 144 Å². The molecular weight excluding hydrogens is 457 g/mol. The Labute approximate surface area is 231 Å². The summed E-state index contributed by atoms with van der Waals surface area (Å²) in [7, 11) is -5.35. The van der Waals surface area contributed by atoms with Crippen LogP contribution in [0.25, 0.3) is 0 Å². The van der Waals surface area contributed by atoms with E-state index in [0.29, 0.717) is 19.3 Å². The Hall–Kier alpha value is 0.560. The predicted molar refractivity (Wildman–Crippen MR) is 101 cm³/mol. The van der Waals surface area contributed by atoms with Crippen molar-refractivity contribution in [2.45, 2.75) is 51.6 Å². The molecule has 11 heteroatoms. The smallest absolute Gasteiger partial charge is 0.790 e. The van der Waals surface area contributed by atoms with Gasteiger partial charge < -0.3 is 24.0 Å². The average Bonchev–Trinajstić information content (AvgIpc) is 2.91. The van der Waals surface area contributed by atoms with E-state index in [2.05, 4.69) is 4.52 Å². The first-order chi connectivity index (χ1) is 13.8. The van der Waals surface area contributed by atoms with Crippen LogP contribution in [0, 0.1) is 28.6 Å². The zero-order valence-corrected chi connectivity index (χ0v) is 23.9. The maximum atomic E-state index is 13.4. The second-order valence-electron chi connectivity index (χ2n) is 9.58. The van der Waals surface area contributed by atoms with Crippen LogP contribution in [-0.2, 0) is 23.5 Å². The molecule has 0 amide bonds. The number of aliphatic hydroxyl groups is 1. The van der Waals surface area contributed by atoms with Crippen LogP contribution >= 0.6 is 7.82 Å². The number of hydrogen-bond acceptors (Lipinski definition) is 8. The Balaban J connectivity index is 0.00000181. The Morgan fingerprint density at radius 2 is 1.91 bits per heavy atom. The van der Waals surface area contributed by atoms with E-state index in [0.717, 1.165) is 5.57 Å². The van der Waals surface area contributed by atoms with Crippen LogP contribution in [0.4, 0.5) is 0 Å². The standard InChI is InChI=1S/C21H27O8P.2Na/c1-19-7-5-13(22)9-12(19)3-4-14-15-6-8-21(25,17(24)11-29-30(26,27)28)20(15,2)10-16(23)18(14)19;;/h5,7,9,14-15,18,25H,3-4,6,8,10-11H2,1-2H3,(H2,26,27,28);;/q;2*+1/p-2/t14-,15-,18+,19-,20-,21-;;/m0../s1. The van der Waals surface area contributed by atoms with Crippen molar-refractivity contribution < 1.29 is 97.5 Å². The van der Waals surface area contributed by atoms with E-state index in [1.165, 1.54) is 6.08 Å². The number of fused-ring (bicyclic) bond motifs is 5. The molecule has 0 unspecified atom stereocenters. The van der Waals surface area contributed by atoms with Gasteiger partial charge in [0.1, 0.15) is 18.0 Å². The van der Waals surface area contributed by atoms with Crippen LogP contribution in [0.3, 0.4) is 0 Å². The molecule has 3 fully saturated rings. The summed E-state index contributed by atoms with van der Waals surface area (Å²) >= 11 is 0. The van der Waals surface area contributed by atoms with Gasteiger partial charge in [-0.25, -0.2) is 0 Å². The monoisotopic (exact) mass is 482 g/mol. The van der Waals surface area contributed by atoms with Crippen LogP contribution in [0.15, 0.2) is 23.8 Å². The molecule has 8 nitrogen and oxygen atoms in total. The molecule has 0 aromatic carbocycles. The number of ketones is 3. The fourth-order valence-electron chi connectivity index (χ4n) is 6.75. The first-order valence-electron chi connectivity index (χ1n) is 10.2. The fraction of sp³-hybridized carbons (Fsp3) is 0.667. The molecule has 6 atom stereocenters. The molecule has 0 saturated heterocycles. The number of carbonyl (C=O) groups excluding carboxylic acids is 3. The van der Waals surface area contributed by atoms with Gasteiger partial charge in [0.05, 0.1) is 7.82 Å². The summed E-state index contributed by atoms with van der Waals surface area (Å²) in [6, 6.07) is 0. The van der Waals surface area contributed by atoms with Gasteiger partial charge >= 0.3 is 59.1 Å². The summed E-state index contributed by atoms with van der Waals surface area (Å²) in [5.74, 6) is -1.55. The van der Waals surface area contributed by atoms with E-state index in [9.17, 15) is 33.8 Å². The Morgan fingerprint density at radius 3 is 2.53 bits per heavy atom. The summed E-state index contributed by atoms with van der Waals surface area (Å²) in [6.45, 7) is 2.65. The van der Waals surface area contributed by atoms with E-state index in [4.69, 9.17) is 0 Å². The third-order valence-electron chi connectivity index (χ3n) is 8.22. The Kier molecular flexibility index (Phi) is 8.59. The molecule has 0 aliphatic heterocycles. The number of rotatable bonds is 4. The van der Waals surface area contributed by atoms with Crippen LogP contribution in [0.1, 0.15) is 46.0 Å². The predicted octanol–water partition coefficient (Wildman–Crippen LogP) is -5.37. The molecule has 1 N–H and O–H groups in total. The minimum atomic E-state index is -5.35. The van der Waals surface area contributed by atoms with Crippen molar-refractivity contribution in [2.24, 2.45) is 28.6 Å². The van der Waals surface area contributed by atoms with Crippen LogP contribution in [0.2, 0.25) is 0 Å². The summed E-state index contributed by atoms with van der Waals surface area (Å²) in [5, 5.41) is 11.3. The number of allylic oxidation sites excluding steroid dienone is 4. The van der Waals surface area contributed by atoms with E-state index in [1.54, 1.807) is 13.0 Å². The van der Waals surface area contributed by atoms with Crippen LogP contribution in [0.5, 0.6) is 0 Å². The summed E-state index contributed by atoms with van der Waals surface area (Å²) in [6.07, 6.45) is 6.85. The van der Waals surface area contributed by atoms with Crippen molar-refractivity contribution in [1.29, 1.82) is 0 Å². The molecule has 0 bridgehead atoms. The zero-order valence-electron chi connectivity index (χ0n) is 19.0. The van der Waals surface area contributed by atoms with E-state index >= 15 is 0 Å². The molecule has 0 heterocycles. The fourth-order valence-corrected chi connectivity index (χ4v) is 7.02. The number of phosphoric acid groups is 1. The van der Waals surface area contributed by atoms with Crippen molar-refractivity contribution >= 4 is 25.2 Å². The van der Waals surface area contributed by atoms with Gasteiger partial charge in [0.2, 0.25) is 0 Å². The van der Waals surface area contributed by atoms with Gasteiger partial charge in [-0.2, -0.15) is 0 Å². The van der Waals surface area contributed by atoms with Gasteiger partial charge in [-0.15, -0.1) is 0 Å². The Morgan fingerprint density at radius 1 is 1.25 bits per heavy atom. The minimum Gasteiger partial charge on any atom is -0.790 e. The van der Waals surface area contributed by atoms with Crippen LogP contribution in [-0.4, -0.2) is 34.7 Å². The molecule has 4 aliphatic rings. The van der Waals surface area contributed by atoms with Crippen molar-refractivity contribution in [3.8, 4) is 0 Å². The maximum Gasteiger partial charge on any atom is 1.00 e. The zero-order chi connectivity index (χ0) is 22.1. The summed E-state index contributed by atoms with van der Waals surface area (Å²) in [5.41, 5.74) is -2.59. The summed E-state index contributed by atoms with van der Waals surface area (Å²) in [4.78, 5) is 59.5. The maximum absolute atomic E-state index is 13.4. The van der Waals surface area contributed by atoms with Gasteiger partial charge in [0.15, 0.2) is 11.6 Å². The van der Waals surface area contributed by atoms with Gasteiger partial charge in [-0.05, 0) is 49.7 Å². The van der Waals surface area contributed by atoms with Crippen molar-refractivity contribution in [2.75, 3.05) is 6.61 Å². The van der Waals surface area contributed by atoms with Crippen LogP contribution < -0.4 is 68.9 Å². The summed E-state index contributed by atoms with van der Waals surface area (Å²) < 4.78 is 14.9. The average molecular weight is 482 g/mol. The SMILES string of the molecule is C[C@]12C=CC(=O)C=C1CC[C@@H]1[C@@H]2C(=O)C[C@@]2(C)[C@H]1CC[C@]2(O)C(=O)COP(=O)([O-])[O-].[Na+].[Na+]. The first kappa shape index (κ1) is 28.8. The van der Waals surface area contributed by atoms with Gasteiger partial charge in [0, 0.05) is 23.2 Å². The molecular formula is C21H25Na2O8P. The molecule has 4 rings (SSSR count).